The number of ether oxygens (including phenoxy) is 2. The summed E-state index contributed by atoms with van der Waals surface area (Å²) in [5.74, 6) is -0.680. The Morgan fingerprint density at radius 1 is 1.58 bits per heavy atom. The SMILES string of the molecule is CCOC(=O)CNC1(c2ccc(Br)cc2F)COC1. The lowest BCUT2D eigenvalue weighted by Gasteiger charge is -2.42. The Morgan fingerprint density at radius 2 is 2.32 bits per heavy atom. The summed E-state index contributed by atoms with van der Waals surface area (Å²) in [4.78, 5) is 11.4. The van der Waals surface area contributed by atoms with Gasteiger partial charge >= 0.3 is 5.97 Å². The summed E-state index contributed by atoms with van der Waals surface area (Å²) in [6, 6.07) is 4.87. The first-order chi connectivity index (χ1) is 9.07. The Labute approximate surface area is 119 Å². The van der Waals surface area contributed by atoms with Crippen molar-refractivity contribution in [3.8, 4) is 0 Å². The van der Waals surface area contributed by atoms with Gasteiger partial charge in [0.05, 0.1) is 31.9 Å². The predicted molar refractivity (Wildman–Crippen MR) is 71.2 cm³/mol. The molecular weight excluding hydrogens is 317 g/mol. The van der Waals surface area contributed by atoms with Crippen LogP contribution in [0, 0.1) is 5.82 Å². The van der Waals surface area contributed by atoms with Crippen molar-refractivity contribution in [1.29, 1.82) is 0 Å². The summed E-state index contributed by atoms with van der Waals surface area (Å²) in [5, 5.41) is 3.04. The molecule has 0 aliphatic carbocycles. The molecule has 0 unspecified atom stereocenters. The molecule has 0 bridgehead atoms. The zero-order chi connectivity index (χ0) is 13.9. The number of carbonyl (C=O) groups excluding carboxylic acids is 1. The highest BCUT2D eigenvalue weighted by molar-refractivity contribution is 9.10. The van der Waals surface area contributed by atoms with Crippen LogP contribution in [0.1, 0.15) is 12.5 Å². The third-order valence-electron chi connectivity index (χ3n) is 3.02. The van der Waals surface area contributed by atoms with Crippen molar-refractivity contribution in [1.82, 2.24) is 5.32 Å². The van der Waals surface area contributed by atoms with E-state index in [-0.39, 0.29) is 18.3 Å². The molecule has 1 N–H and O–H groups in total. The standard InChI is InChI=1S/C13H15BrFNO3/c1-2-19-12(17)6-16-13(7-18-8-13)10-4-3-9(14)5-11(10)15/h3-5,16H,2,6-8H2,1H3. The third kappa shape index (κ3) is 3.13. The van der Waals surface area contributed by atoms with Crippen LogP contribution in [0.25, 0.3) is 0 Å². The van der Waals surface area contributed by atoms with Gasteiger partial charge in [-0.15, -0.1) is 0 Å². The summed E-state index contributed by atoms with van der Waals surface area (Å²) in [6.07, 6.45) is 0. The van der Waals surface area contributed by atoms with Crippen molar-refractivity contribution in [2.45, 2.75) is 12.5 Å². The zero-order valence-electron chi connectivity index (χ0n) is 10.5. The molecule has 0 spiro atoms. The molecule has 104 valence electrons. The van der Waals surface area contributed by atoms with E-state index in [1.54, 1.807) is 19.1 Å². The molecule has 1 aliphatic heterocycles. The van der Waals surface area contributed by atoms with E-state index in [0.29, 0.717) is 29.9 Å². The second-order valence-electron chi connectivity index (χ2n) is 4.36. The van der Waals surface area contributed by atoms with Gasteiger partial charge in [-0.3, -0.25) is 10.1 Å². The van der Waals surface area contributed by atoms with Crippen LogP contribution in [0.5, 0.6) is 0 Å². The van der Waals surface area contributed by atoms with E-state index < -0.39 is 5.54 Å². The molecule has 0 radical (unpaired) electrons. The Kier molecular flexibility index (Phi) is 4.54. The number of esters is 1. The topological polar surface area (TPSA) is 47.6 Å². The smallest absolute Gasteiger partial charge is 0.319 e. The van der Waals surface area contributed by atoms with Crippen molar-refractivity contribution in [2.24, 2.45) is 0 Å². The molecule has 1 aliphatic rings. The number of nitrogens with one attached hydrogen (secondary N) is 1. The number of benzene rings is 1. The van der Waals surface area contributed by atoms with E-state index in [4.69, 9.17) is 9.47 Å². The molecule has 19 heavy (non-hydrogen) atoms. The molecule has 6 heteroatoms. The van der Waals surface area contributed by atoms with E-state index in [1.165, 1.54) is 6.07 Å². The van der Waals surface area contributed by atoms with Gasteiger partial charge in [-0.1, -0.05) is 22.0 Å². The van der Waals surface area contributed by atoms with Gasteiger partial charge in [0.15, 0.2) is 0 Å². The summed E-state index contributed by atoms with van der Waals surface area (Å²) in [7, 11) is 0. The highest BCUT2D eigenvalue weighted by Gasteiger charge is 2.42. The number of hydrogen-bond acceptors (Lipinski definition) is 4. The first-order valence-corrected chi connectivity index (χ1v) is 6.80. The van der Waals surface area contributed by atoms with Gasteiger partial charge in [0.2, 0.25) is 0 Å². The quantitative estimate of drug-likeness (QED) is 0.838. The fourth-order valence-corrected chi connectivity index (χ4v) is 2.32. The maximum atomic E-state index is 14.0. The van der Waals surface area contributed by atoms with Gasteiger partial charge < -0.3 is 9.47 Å². The average Bonchev–Trinajstić information content (AvgIpc) is 2.30. The van der Waals surface area contributed by atoms with E-state index in [2.05, 4.69) is 21.2 Å². The van der Waals surface area contributed by atoms with E-state index in [1.807, 2.05) is 0 Å². The summed E-state index contributed by atoms with van der Waals surface area (Å²) >= 11 is 3.22. The number of carbonyl (C=O) groups is 1. The first kappa shape index (κ1) is 14.4. The van der Waals surface area contributed by atoms with Crippen LogP contribution < -0.4 is 5.32 Å². The van der Waals surface area contributed by atoms with Gasteiger partial charge in [-0.05, 0) is 19.1 Å². The van der Waals surface area contributed by atoms with Gasteiger partial charge in [-0.25, -0.2) is 4.39 Å². The number of rotatable bonds is 5. The molecule has 4 nitrogen and oxygen atoms in total. The monoisotopic (exact) mass is 331 g/mol. The van der Waals surface area contributed by atoms with Crippen molar-refractivity contribution < 1.29 is 18.7 Å². The maximum Gasteiger partial charge on any atom is 0.319 e. The average molecular weight is 332 g/mol. The predicted octanol–water partition coefficient (Wildman–Crippen LogP) is 1.97. The molecule has 0 atom stereocenters. The Balaban J connectivity index is 2.11. The Morgan fingerprint density at radius 3 is 2.84 bits per heavy atom. The molecule has 1 fully saturated rings. The van der Waals surface area contributed by atoms with Crippen molar-refractivity contribution in [3.05, 3.63) is 34.1 Å². The molecule has 1 heterocycles. The van der Waals surface area contributed by atoms with Crippen molar-refractivity contribution >= 4 is 21.9 Å². The van der Waals surface area contributed by atoms with Crippen LogP contribution in [-0.2, 0) is 19.8 Å². The van der Waals surface area contributed by atoms with Gasteiger partial charge in [0.25, 0.3) is 0 Å². The summed E-state index contributed by atoms with van der Waals surface area (Å²) in [6.45, 7) is 2.79. The van der Waals surface area contributed by atoms with E-state index in [9.17, 15) is 9.18 Å². The second kappa shape index (κ2) is 5.98. The largest absolute Gasteiger partial charge is 0.465 e. The normalized spacial score (nSPS) is 16.8. The van der Waals surface area contributed by atoms with Crippen LogP contribution in [0.15, 0.2) is 22.7 Å². The van der Waals surface area contributed by atoms with Crippen LogP contribution in [-0.4, -0.2) is 32.3 Å². The Hall–Kier alpha value is -0.980. The number of hydrogen-bond donors (Lipinski definition) is 1. The van der Waals surface area contributed by atoms with E-state index in [0.717, 1.165) is 0 Å². The van der Waals surface area contributed by atoms with Crippen molar-refractivity contribution in [3.63, 3.8) is 0 Å². The van der Waals surface area contributed by atoms with Gasteiger partial charge in [0, 0.05) is 10.0 Å². The lowest BCUT2D eigenvalue weighted by Crippen LogP contribution is -2.59. The summed E-state index contributed by atoms with van der Waals surface area (Å²) in [5.41, 5.74) is -0.136. The zero-order valence-corrected chi connectivity index (χ0v) is 12.1. The molecule has 1 aromatic rings. The van der Waals surface area contributed by atoms with Crippen LogP contribution in [0.4, 0.5) is 4.39 Å². The summed E-state index contributed by atoms with van der Waals surface area (Å²) < 4.78 is 24.7. The minimum atomic E-state index is -0.641. The van der Waals surface area contributed by atoms with Crippen LogP contribution >= 0.6 is 15.9 Å². The minimum Gasteiger partial charge on any atom is -0.465 e. The molecule has 1 saturated heterocycles. The fourth-order valence-electron chi connectivity index (χ4n) is 1.99. The fraction of sp³-hybridized carbons (Fsp3) is 0.462. The molecule has 0 amide bonds. The lowest BCUT2D eigenvalue weighted by molar-refractivity contribution is -0.144. The van der Waals surface area contributed by atoms with Crippen LogP contribution in [0.3, 0.4) is 0 Å². The molecule has 0 saturated carbocycles. The Bertz CT molecular complexity index is 477. The second-order valence-corrected chi connectivity index (χ2v) is 5.27. The van der Waals surface area contributed by atoms with Crippen LogP contribution in [0.2, 0.25) is 0 Å². The number of halogens is 2. The third-order valence-corrected chi connectivity index (χ3v) is 3.51. The molecular formula is C13H15BrFNO3. The van der Waals surface area contributed by atoms with Crippen molar-refractivity contribution in [2.75, 3.05) is 26.4 Å². The van der Waals surface area contributed by atoms with E-state index >= 15 is 0 Å². The minimum absolute atomic E-state index is 0.0344. The molecule has 0 aromatic heterocycles. The highest BCUT2D eigenvalue weighted by Crippen LogP contribution is 2.32. The first-order valence-electron chi connectivity index (χ1n) is 6.01. The molecule has 2 rings (SSSR count). The highest BCUT2D eigenvalue weighted by atomic mass is 79.9. The lowest BCUT2D eigenvalue weighted by atomic mass is 9.87. The maximum absolute atomic E-state index is 14.0. The molecule has 1 aromatic carbocycles. The van der Waals surface area contributed by atoms with Gasteiger partial charge in [-0.2, -0.15) is 0 Å². The van der Waals surface area contributed by atoms with Gasteiger partial charge in [0.1, 0.15) is 5.82 Å².